The van der Waals surface area contributed by atoms with E-state index in [0.29, 0.717) is 22.9 Å². The Morgan fingerprint density at radius 2 is 1.11 bits per heavy atom. The number of rotatable bonds is 2. The molecule has 2 aliphatic rings. The summed E-state index contributed by atoms with van der Waals surface area (Å²) in [5.74, 6) is 1.20. The van der Waals surface area contributed by atoms with Gasteiger partial charge in [0.05, 0.1) is 25.6 Å². The molecule has 0 aromatic carbocycles. The number of fused-ring (bicyclic) bond motifs is 8. The lowest BCUT2D eigenvalue weighted by Crippen LogP contribution is -1.89. The van der Waals surface area contributed by atoms with Crippen LogP contribution in [0.25, 0.3) is 45.7 Å². The highest BCUT2D eigenvalue weighted by Gasteiger charge is 2.22. The van der Waals surface area contributed by atoms with Gasteiger partial charge in [-0.15, -0.1) is 0 Å². The zero-order valence-corrected chi connectivity index (χ0v) is 15.5. The molecule has 0 saturated heterocycles. The van der Waals surface area contributed by atoms with E-state index in [1.165, 1.54) is 0 Å². The fourth-order valence-corrected chi connectivity index (χ4v) is 3.42. The van der Waals surface area contributed by atoms with Gasteiger partial charge in [-0.05, 0) is 60.7 Å². The van der Waals surface area contributed by atoms with Crippen LogP contribution in [0.4, 0.5) is 0 Å². The minimum absolute atomic E-state index is 0.596. The van der Waals surface area contributed by atoms with Gasteiger partial charge in [0.25, 0.3) is 0 Å². The van der Waals surface area contributed by atoms with Crippen molar-refractivity contribution in [1.82, 2.24) is 19.9 Å². The topological polar surface area (TPSA) is 75.8 Å². The molecule has 6 nitrogen and oxygen atoms in total. The second-order valence-corrected chi connectivity index (χ2v) is 6.56. The fraction of sp³-hybridized carbons (Fsp3) is 0.0909. The Morgan fingerprint density at radius 1 is 0.607 bits per heavy atom. The Labute approximate surface area is 161 Å². The highest BCUT2D eigenvalue weighted by Crippen LogP contribution is 2.31. The minimum atomic E-state index is 0.596. The molecule has 0 atom stereocenters. The van der Waals surface area contributed by atoms with Crippen LogP contribution in [0, 0.1) is 0 Å². The first-order valence-corrected chi connectivity index (χ1v) is 8.91. The lowest BCUT2D eigenvalue weighted by atomic mass is 10.2. The molecular weight excluding hydrogens is 352 g/mol. The van der Waals surface area contributed by atoms with E-state index in [0.717, 1.165) is 33.5 Å². The van der Waals surface area contributed by atoms with Crippen LogP contribution < -0.4 is 0 Å². The molecule has 3 aromatic heterocycles. The van der Waals surface area contributed by atoms with Crippen molar-refractivity contribution >= 4 is 45.7 Å². The van der Waals surface area contributed by atoms with E-state index < -0.39 is 0 Å². The van der Waals surface area contributed by atoms with Gasteiger partial charge in [0.2, 0.25) is 0 Å². The molecule has 0 radical (unpaired) electrons. The maximum Gasteiger partial charge on any atom is 0.188 e. The predicted octanol–water partition coefficient (Wildman–Crippen LogP) is 4.60. The van der Waals surface area contributed by atoms with Crippen LogP contribution >= 0.6 is 0 Å². The first-order chi connectivity index (χ1) is 13.7. The number of nitrogens with zero attached hydrogens (tertiary/aromatic N) is 2. The second kappa shape index (κ2) is 6.42. The molecule has 138 valence electrons. The molecule has 3 aromatic rings. The smallest absolute Gasteiger partial charge is 0.188 e. The fourth-order valence-electron chi connectivity index (χ4n) is 3.42. The van der Waals surface area contributed by atoms with Crippen LogP contribution in [-0.4, -0.2) is 34.2 Å². The Bertz CT molecular complexity index is 1290. The maximum atomic E-state index is 5.58. The van der Waals surface area contributed by atoms with E-state index in [1.807, 2.05) is 54.6 Å². The number of nitrogens with one attached hydrogen (secondary N) is 2. The van der Waals surface area contributed by atoms with E-state index in [1.54, 1.807) is 14.2 Å². The van der Waals surface area contributed by atoms with Crippen molar-refractivity contribution in [3.05, 3.63) is 71.3 Å². The van der Waals surface area contributed by atoms with Crippen molar-refractivity contribution in [3.8, 4) is 0 Å². The van der Waals surface area contributed by atoms with Crippen molar-refractivity contribution in [2.24, 2.45) is 0 Å². The van der Waals surface area contributed by atoms with Crippen LogP contribution in [0.2, 0.25) is 0 Å². The second-order valence-electron chi connectivity index (χ2n) is 6.56. The summed E-state index contributed by atoms with van der Waals surface area (Å²) in [6.45, 7) is 0. The van der Waals surface area contributed by atoms with Gasteiger partial charge in [0.15, 0.2) is 11.5 Å². The third kappa shape index (κ3) is 2.85. The van der Waals surface area contributed by atoms with E-state index in [-0.39, 0.29) is 0 Å². The highest BCUT2D eigenvalue weighted by atomic mass is 16.5. The van der Waals surface area contributed by atoms with Crippen molar-refractivity contribution in [2.75, 3.05) is 14.2 Å². The van der Waals surface area contributed by atoms with Gasteiger partial charge < -0.3 is 19.4 Å². The molecule has 0 aliphatic carbocycles. The van der Waals surface area contributed by atoms with Crippen LogP contribution in [0.1, 0.15) is 22.8 Å². The van der Waals surface area contributed by atoms with Gasteiger partial charge in [-0.1, -0.05) is 0 Å². The lowest BCUT2D eigenvalue weighted by Gasteiger charge is -2.04. The molecule has 2 N–H and O–H groups in total. The quantitative estimate of drug-likeness (QED) is 0.540. The standard InChI is InChI=1S/C22H18N4O2/c1-27-21-19-11-17-7-5-15(24-17)9-13-3-4-14(23-13)10-16-6-8-18(25-16)12-20(26-19)22(21)28-2/h3-12,23-24H,1-2H3. The maximum absolute atomic E-state index is 5.58. The molecule has 0 amide bonds. The van der Waals surface area contributed by atoms with Crippen LogP contribution in [0.5, 0.6) is 0 Å². The summed E-state index contributed by atoms with van der Waals surface area (Å²) >= 11 is 0. The number of hydrogen-bond acceptors (Lipinski definition) is 4. The Hall–Kier alpha value is -3.80. The largest absolute Gasteiger partial charge is 0.491 e. The Morgan fingerprint density at radius 3 is 1.71 bits per heavy atom. The van der Waals surface area contributed by atoms with E-state index in [9.17, 15) is 0 Å². The molecule has 0 unspecified atom stereocenters. The van der Waals surface area contributed by atoms with E-state index >= 15 is 0 Å². The zero-order valence-electron chi connectivity index (χ0n) is 15.5. The van der Waals surface area contributed by atoms with Crippen molar-refractivity contribution in [2.45, 2.75) is 0 Å². The van der Waals surface area contributed by atoms with E-state index in [4.69, 9.17) is 14.5 Å². The van der Waals surface area contributed by atoms with Gasteiger partial charge in [-0.2, -0.15) is 0 Å². The van der Waals surface area contributed by atoms with Gasteiger partial charge in [0, 0.05) is 22.1 Å². The number of aromatic amines is 2. The molecule has 5 rings (SSSR count). The van der Waals surface area contributed by atoms with Gasteiger partial charge in [-0.3, -0.25) is 0 Å². The summed E-state index contributed by atoms with van der Waals surface area (Å²) in [6, 6.07) is 16.0. The molecule has 2 aliphatic heterocycles. The SMILES string of the molecule is COC1=C(OC)c2cc3ccc(cc4ccc(cc5nc(cc1n2)C=C5)[nH]4)[nH]3. The highest BCUT2D eigenvalue weighted by molar-refractivity contribution is 5.87. The third-order valence-electron chi connectivity index (χ3n) is 4.66. The predicted molar refractivity (Wildman–Crippen MR) is 111 cm³/mol. The number of H-pyrrole nitrogens is 2. The number of methoxy groups -OCH3 is 2. The summed E-state index contributed by atoms with van der Waals surface area (Å²) in [7, 11) is 3.23. The van der Waals surface area contributed by atoms with Crippen molar-refractivity contribution in [3.63, 3.8) is 0 Å². The number of ether oxygens (including phenoxy) is 2. The first-order valence-electron chi connectivity index (χ1n) is 8.91. The van der Waals surface area contributed by atoms with Crippen molar-refractivity contribution < 1.29 is 9.47 Å². The molecule has 0 saturated carbocycles. The van der Waals surface area contributed by atoms with Crippen LogP contribution in [0.3, 0.4) is 0 Å². The molecular formula is C22H18N4O2. The Balaban J connectivity index is 1.87. The molecule has 6 heteroatoms. The lowest BCUT2D eigenvalue weighted by molar-refractivity contribution is 0.331. The average Bonchev–Trinajstić information content (AvgIpc) is 3.45. The monoisotopic (exact) mass is 370 g/mol. The summed E-state index contributed by atoms with van der Waals surface area (Å²) in [4.78, 5) is 16.1. The van der Waals surface area contributed by atoms with Crippen LogP contribution in [0.15, 0.2) is 48.5 Å². The molecule has 5 heterocycles. The summed E-state index contributed by atoms with van der Waals surface area (Å²) in [5.41, 5.74) is 6.99. The Kier molecular flexibility index (Phi) is 3.76. The van der Waals surface area contributed by atoms with E-state index in [2.05, 4.69) is 21.0 Å². The number of hydrogen-bond donors (Lipinski definition) is 2. The normalized spacial score (nSPS) is 13.1. The van der Waals surface area contributed by atoms with Gasteiger partial charge in [-0.25, -0.2) is 9.97 Å². The van der Waals surface area contributed by atoms with Gasteiger partial charge >= 0.3 is 0 Å². The minimum Gasteiger partial charge on any atom is -0.491 e. The zero-order chi connectivity index (χ0) is 19.1. The third-order valence-corrected chi connectivity index (χ3v) is 4.66. The first kappa shape index (κ1) is 16.4. The van der Waals surface area contributed by atoms with Gasteiger partial charge in [0.1, 0.15) is 11.4 Å². The molecule has 28 heavy (non-hydrogen) atoms. The molecule has 8 bridgehead atoms. The average molecular weight is 370 g/mol. The number of aromatic nitrogens is 4. The molecule has 0 fully saturated rings. The van der Waals surface area contributed by atoms with Crippen molar-refractivity contribution in [1.29, 1.82) is 0 Å². The summed E-state index contributed by atoms with van der Waals surface area (Å²) in [5, 5.41) is 0. The summed E-state index contributed by atoms with van der Waals surface area (Å²) < 4.78 is 11.1. The van der Waals surface area contributed by atoms with Crippen LogP contribution in [-0.2, 0) is 9.47 Å². The molecule has 0 spiro atoms. The summed E-state index contributed by atoms with van der Waals surface area (Å²) in [6.07, 6.45) is 3.94.